The Morgan fingerprint density at radius 3 is 2.50 bits per heavy atom. The molecular weight excluding hydrogens is 460 g/mol. The number of hydrogen-bond acceptors (Lipinski definition) is 7. The molecule has 0 radical (unpaired) electrons. The highest BCUT2D eigenvalue weighted by Gasteiger charge is 2.39. The fourth-order valence-corrected chi connectivity index (χ4v) is 5.30. The zero-order valence-corrected chi connectivity index (χ0v) is 20.4. The summed E-state index contributed by atoms with van der Waals surface area (Å²) in [5, 5.41) is 12.0. The van der Waals surface area contributed by atoms with Crippen molar-refractivity contribution in [3.63, 3.8) is 0 Å². The van der Waals surface area contributed by atoms with Gasteiger partial charge in [0.25, 0.3) is 5.82 Å². The van der Waals surface area contributed by atoms with Crippen LogP contribution >= 0.6 is 0 Å². The Bertz CT molecular complexity index is 1400. The fraction of sp³-hybridized carbons (Fsp3) is 0.423. The predicted octanol–water partition coefficient (Wildman–Crippen LogP) is 3.90. The molecule has 10 nitrogen and oxygen atoms in total. The molecule has 0 atom stereocenters. The zero-order chi connectivity index (χ0) is 25.4. The first-order chi connectivity index (χ1) is 17.3. The molecule has 0 spiro atoms. The molecule has 0 saturated carbocycles. The molecule has 2 aliphatic rings. The summed E-state index contributed by atoms with van der Waals surface area (Å²) in [5.41, 5.74) is 1.08. The number of ether oxygens (including phenoxy) is 1. The molecule has 0 aliphatic carbocycles. The van der Waals surface area contributed by atoms with Gasteiger partial charge in [-0.25, -0.2) is 0 Å². The number of hydrogen-bond donors (Lipinski definition) is 0. The summed E-state index contributed by atoms with van der Waals surface area (Å²) in [6.07, 6.45) is 1.53. The Morgan fingerprint density at radius 2 is 1.92 bits per heavy atom. The first-order valence-electron chi connectivity index (χ1n) is 12.0. The zero-order valence-electron chi connectivity index (χ0n) is 20.4. The maximum atomic E-state index is 13.0. The van der Waals surface area contributed by atoms with Gasteiger partial charge in [0.05, 0.1) is 23.7 Å². The van der Waals surface area contributed by atoms with Crippen molar-refractivity contribution in [3.05, 3.63) is 74.3 Å². The molecule has 3 aromatic rings. The van der Waals surface area contributed by atoms with E-state index in [4.69, 9.17) is 11.3 Å². The van der Waals surface area contributed by atoms with Gasteiger partial charge in [-0.05, 0) is 37.1 Å². The van der Waals surface area contributed by atoms with E-state index < -0.39 is 16.2 Å². The van der Waals surface area contributed by atoms with Crippen molar-refractivity contribution in [2.45, 2.75) is 25.8 Å². The summed E-state index contributed by atoms with van der Waals surface area (Å²) >= 11 is 0. The monoisotopic (exact) mass is 488 g/mol. The maximum absolute atomic E-state index is 13.0. The van der Waals surface area contributed by atoms with Crippen molar-refractivity contribution >= 4 is 33.9 Å². The number of aromatic nitrogens is 2. The summed E-state index contributed by atoms with van der Waals surface area (Å²) in [6.45, 7) is 13.0. The maximum Gasteiger partial charge on any atom is 0.361 e. The lowest BCUT2D eigenvalue weighted by Crippen LogP contribution is -2.54. The summed E-state index contributed by atoms with van der Waals surface area (Å²) < 4.78 is 6.73. The van der Waals surface area contributed by atoms with Crippen LogP contribution in [0.25, 0.3) is 15.9 Å². The fourth-order valence-electron chi connectivity index (χ4n) is 5.30. The Labute approximate surface area is 208 Å². The van der Waals surface area contributed by atoms with Crippen molar-refractivity contribution in [2.24, 2.45) is 12.5 Å². The molecule has 5 rings (SSSR count). The summed E-state index contributed by atoms with van der Waals surface area (Å²) in [7, 11) is 1.50. The second-order valence-electron chi connectivity index (χ2n) is 9.95. The van der Waals surface area contributed by atoms with Gasteiger partial charge in [-0.2, -0.15) is 0 Å². The van der Waals surface area contributed by atoms with Crippen molar-refractivity contribution in [1.29, 1.82) is 0 Å². The third-order valence-electron chi connectivity index (χ3n) is 7.24. The first kappa shape index (κ1) is 23.8. The number of aryl methyl sites for hydroxylation is 1. The van der Waals surface area contributed by atoms with Gasteiger partial charge < -0.3 is 23.9 Å². The molecule has 1 aromatic carbocycles. The Kier molecular flexibility index (Phi) is 6.10. The number of rotatable bonds is 6. The number of pyridine rings is 2. The molecule has 0 N–H and O–H groups in total. The highest BCUT2D eigenvalue weighted by Crippen LogP contribution is 2.37. The van der Waals surface area contributed by atoms with E-state index in [-0.39, 0.29) is 23.0 Å². The lowest BCUT2D eigenvalue weighted by Gasteiger charge is -2.47. The largest absolute Gasteiger partial charge is 0.380 e. The number of nitrogens with zero attached hydrogens (tertiary/aromatic N) is 6. The predicted molar refractivity (Wildman–Crippen MR) is 138 cm³/mol. The van der Waals surface area contributed by atoms with Crippen molar-refractivity contribution in [2.75, 3.05) is 42.6 Å². The first-order valence-corrected chi connectivity index (χ1v) is 12.0. The number of nitro groups is 1. The molecule has 0 amide bonds. The van der Waals surface area contributed by atoms with E-state index in [1.807, 2.05) is 23.1 Å². The molecule has 0 unspecified atom stereocenters. The SMILES string of the molecule is [C-]#[N+]c1ccc2c(n1)c(N1CCC(N(CC3(C)COC3)c3ccccc3)CC1)c([N+](=O)[O-])c(=O)n2C. The molecule has 186 valence electrons. The van der Waals surface area contributed by atoms with Crippen LogP contribution in [0.4, 0.5) is 22.9 Å². The van der Waals surface area contributed by atoms with Crippen LogP contribution in [0.5, 0.6) is 0 Å². The van der Waals surface area contributed by atoms with Crippen LogP contribution in [0.1, 0.15) is 19.8 Å². The van der Waals surface area contributed by atoms with Crippen LogP contribution in [0, 0.1) is 22.1 Å². The minimum Gasteiger partial charge on any atom is -0.380 e. The van der Waals surface area contributed by atoms with Crippen LogP contribution in [-0.2, 0) is 11.8 Å². The lowest BCUT2D eigenvalue weighted by atomic mass is 9.86. The Hall–Kier alpha value is -3.97. The molecule has 2 fully saturated rings. The number of fused-ring (bicyclic) bond motifs is 1. The summed E-state index contributed by atoms with van der Waals surface area (Å²) in [5.74, 6) is 0.137. The normalized spacial score (nSPS) is 17.4. The lowest BCUT2D eigenvalue weighted by molar-refractivity contribution is -0.385. The van der Waals surface area contributed by atoms with Crippen molar-refractivity contribution in [3.8, 4) is 0 Å². The van der Waals surface area contributed by atoms with Gasteiger partial charge in [0.2, 0.25) is 5.52 Å². The molecule has 2 aromatic heterocycles. The smallest absolute Gasteiger partial charge is 0.361 e. The minimum absolute atomic E-state index is 0.0910. The molecule has 36 heavy (non-hydrogen) atoms. The van der Waals surface area contributed by atoms with Crippen LogP contribution in [0.3, 0.4) is 0 Å². The molecule has 2 saturated heterocycles. The van der Waals surface area contributed by atoms with Gasteiger partial charge in [-0.3, -0.25) is 14.9 Å². The Morgan fingerprint density at radius 1 is 1.22 bits per heavy atom. The minimum atomic E-state index is -0.675. The van der Waals surface area contributed by atoms with Gasteiger partial charge >= 0.3 is 11.2 Å². The molecule has 10 heteroatoms. The highest BCUT2D eigenvalue weighted by molar-refractivity contribution is 5.94. The summed E-state index contributed by atoms with van der Waals surface area (Å²) in [4.78, 5) is 36.5. The van der Waals surface area contributed by atoms with Gasteiger partial charge in [0.1, 0.15) is 0 Å². The second kappa shape index (κ2) is 9.24. The number of anilines is 2. The third kappa shape index (κ3) is 4.16. The highest BCUT2D eigenvalue weighted by atomic mass is 16.6. The van der Waals surface area contributed by atoms with Crippen molar-refractivity contribution < 1.29 is 9.66 Å². The van der Waals surface area contributed by atoms with E-state index in [0.29, 0.717) is 24.1 Å². The van der Waals surface area contributed by atoms with Gasteiger partial charge in [0, 0.05) is 43.8 Å². The molecule has 2 aliphatic heterocycles. The van der Waals surface area contributed by atoms with E-state index in [1.54, 1.807) is 6.07 Å². The van der Waals surface area contributed by atoms with Crippen LogP contribution in [-0.4, -0.2) is 53.4 Å². The van der Waals surface area contributed by atoms with Crippen molar-refractivity contribution in [1.82, 2.24) is 9.55 Å². The van der Waals surface area contributed by atoms with E-state index in [9.17, 15) is 14.9 Å². The average Bonchev–Trinajstić information content (AvgIpc) is 2.88. The Balaban J connectivity index is 1.50. The summed E-state index contributed by atoms with van der Waals surface area (Å²) in [6, 6.07) is 13.7. The van der Waals surface area contributed by atoms with E-state index in [2.05, 4.69) is 33.8 Å². The van der Waals surface area contributed by atoms with Gasteiger partial charge in [0.15, 0.2) is 5.69 Å². The van der Waals surface area contributed by atoms with Crippen LogP contribution in [0.2, 0.25) is 0 Å². The number of piperidine rings is 1. The quantitative estimate of drug-likeness (QED) is 0.295. The van der Waals surface area contributed by atoms with Gasteiger partial charge in [-0.15, -0.1) is 4.98 Å². The molecular formula is C26H28N6O4. The molecule has 4 heterocycles. The van der Waals surface area contributed by atoms with E-state index >= 15 is 0 Å². The van der Waals surface area contributed by atoms with Crippen LogP contribution in [0.15, 0.2) is 47.3 Å². The van der Waals surface area contributed by atoms with E-state index in [1.165, 1.54) is 17.7 Å². The number of para-hydroxylation sites is 1. The topological polar surface area (TPSA) is 98.1 Å². The standard InChI is InChI=1S/C26H28N6O4/c1-26(16-36-17-26)15-31(18-7-5-4-6-8-18)19-11-13-30(14-12-19)23-22-20(9-10-21(27-2)28-22)29(3)25(33)24(23)32(34)35/h4-10,19H,11-17H2,1,3H3. The third-order valence-corrected chi connectivity index (χ3v) is 7.24. The average molecular weight is 489 g/mol. The second-order valence-corrected chi connectivity index (χ2v) is 9.95. The molecule has 0 bridgehead atoms. The van der Waals surface area contributed by atoms with Crippen LogP contribution < -0.4 is 15.4 Å². The van der Waals surface area contributed by atoms with Gasteiger partial charge in [-0.1, -0.05) is 31.7 Å². The van der Waals surface area contributed by atoms with E-state index in [0.717, 1.165) is 38.3 Å². The number of benzene rings is 1.